The number of urea groups is 1. The third-order valence-corrected chi connectivity index (χ3v) is 3.21. The second kappa shape index (κ2) is 6.70. The van der Waals surface area contributed by atoms with Crippen LogP contribution in [0.5, 0.6) is 0 Å². The summed E-state index contributed by atoms with van der Waals surface area (Å²) in [5.41, 5.74) is 3.75. The lowest BCUT2D eigenvalue weighted by Crippen LogP contribution is -2.24. The van der Waals surface area contributed by atoms with Crippen LogP contribution >= 0.6 is 0 Å². The van der Waals surface area contributed by atoms with Gasteiger partial charge in [-0.3, -0.25) is 0 Å². The number of nitrogens with one attached hydrogen (secondary N) is 2. The molecule has 0 aliphatic rings. The van der Waals surface area contributed by atoms with Crippen LogP contribution in [-0.2, 0) is 0 Å². The zero-order valence-electron chi connectivity index (χ0n) is 12.0. The first-order chi connectivity index (χ1) is 10.1. The van der Waals surface area contributed by atoms with Gasteiger partial charge in [0.1, 0.15) is 5.82 Å². The standard InChI is InChI=1S/C17H17FN2O/c1-12-4-3-5-16(13(12)2)20-17(21)19-11-10-14-6-8-15(18)9-7-14/h3-11H,1-2H3,(H2,19,20,21)/b11-10+. The van der Waals surface area contributed by atoms with Gasteiger partial charge in [-0.2, -0.15) is 0 Å². The molecule has 0 spiro atoms. The van der Waals surface area contributed by atoms with Gasteiger partial charge in [0.15, 0.2) is 0 Å². The summed E-state index contributed by atoms with van der Waals surface area (Å²) in [7, 11) is 0. The molecule has 0 bridgehead atoms. The highest BCUT2D eigenvalue weighted by molar-refractivity contribution is 5.91. The lowest BCUT2D eigenvalue weighted by atomic mass is 10.1. The Kier molecular flexibility index (Phi) is 4.72. The minimum absolute atomic E-state index is 0.284. The number of carbonyl (C=O) groups is 1. The van der Waals surface area contributed by atoms with Gasteiger partial charge in [-0.25, -0.2) is 9.18 Å². The van der Waals surface area contributed by atoms with Gasteiger partial charge in [-0.15, -0.1) is 0 Å². The van der Waals surface area contributed by atoms with Gasteiger partial charge in [-0.1, -0.05) is 24.3 Å². The number of aryl methyl sites for hydroxylation is 1. The number of anilines is 1. The third kappa shape index (κ3) is 4.18. The van der Waals surface area contributed by atoms with Crippen molar-refractivity contribution in [2.24, 2.45) is 0 Å². The third-order valence-electron chi connectivity index (χ3n) is 3.21. The Labute approximate surface area is 123 Å². The molecule has 2 N–H and O–H groups in total. The van der Waals surface area contributed by atoms with Gasteiger partial charge in [0.05, 0.1) is 0 Å². The van der Waals surface area contributed by atoms with E-state index in [0.29, 0.717) is 0 Å². The number of rotatable bonds is 3. The Hall–Kier alpha value is -2.62. The van der Waals surface area contributed by atoms with Crippen molar-refractivity contribution in [1.29, 1.82) is 0 Å². The predicted octanol–water partition coefficient (Wildman–Crippen LogP) is 4.23. The summed E-state index contributed by atoms with van der Waals surface area (Å²) < 4.78 is 12.7. The first-order valence-electron chi connectivity index (χ1n) is 6.62. The van der Waals surface area contributed by atoms with Gasteiger partial charge >= 0.3 is 6.03 Å². The molecule has 0 heterocycles. The van der Waals surface area contributed by atoms with Gasteiger partial charge in [0, 0.05) is 11.9 Å². The van der Waals surface area contributed by atoms with Crippen molar-refractivity contribution in [3.05, 3.63) is 71.2 Å². The molecule has 0 radical (unpaired) electrons. The number of hydrogen-bond donors (Lipinski definition) is 2. The normalized spacial score (nSPS) is 10.6. The van der Waals surface area contributed by atoms with Crippen molar-refractivity contribution in [3.8, 4) is 0 Å². The fourth-order valence-electron chi connectivity index (χ4n) is 1.83. The number of hydrogen-bond acceptors (Lipinski definition) is 1. The van der Waals surface area contributed by atoms with E-state index in [9.17, 15) is 9.18 Å². The molecule has 2 amide bonds. The van der Waals surface area contributed by atoms with Crippen LogP contribution in [-0.4, -0.2) is 6.03 Å². The Balaban J connectivity index is 1.93. The van der Waals surface area contributed by atoms with E-state index in [2.05, 4.69) is 10.6 Å². The van der Waals surface area contributed by atoms with Crippen LogP contribution in [0.2, 0.25) is 0 Å². The van der Waals surface area contributed by atoms with Crippen molar-refractivity contribution in [2.45, 2.75) is 13.8 Å². The molecule has 21 heavy (non-hydrogen) atoms. The van der Waals surface area contributed by atoms with Crippen molar-refractivity contribution >= 4 is 17.8 Å². The van der Waals surface area contributed by atoms with E-state index in [4.69, 9.17) is 0 Å². The molecule has 0 unspecified atom stereocenters. The highest BCUT2D eigenvalue weighted by Gasteiger charge is 2.03. The van der Waals surface area contributed by atoms with Crippen LogP contribution in [0.3, 0.4) is 0 Å². The maximum absolute atomic E-state index is 12.7. The molecule has 108 valence electrons. The molecule has 2 rings (SSSR count). The van der Waals surface area contributed by atoms with Gasteiger partial charge < -0.3 is 10.6 Å². The average Bonchev–Trinajstić information content (AvgIpc) is 2.46. The van der Waals surface area contributed by atoms with E-state index in [-0.39, 0.29) is 11.8 Å². The van der Waals surface area contributed by atoms with E-state index in [1.165, 1.54) is 18.3 Å². The number of benzene rings is 2. The van der Waals surface area contributed by atoms with Crippen LogP contribution in [0.25, 0.3) is 6.08 Å². The van der Waals surface area contributed by atoms with E-state index >= 15 is 0 Å². The number of carbonyl (C=O) groups excluding carboxylic acids is 1. The summed E-state index contributed by atoms with van der Waals surface area (Å²) >= 11 is 0. The maximum atomic E-state index is 12.7. The van der Waals surface area contributed by atoms with E-state index in [1.807, 2.05) is 32.0 Å². The first-order valence-corrected chi connectivity index (χ1v) is 6.62. The Morgan fingerprint density at radius 2 is 1.81 bits per heavy atom. The lowest BCUT2D eigenvalue weighted by molar-refractivity contribution is 0.255. The SMILES string of the molecule is Cc1cccc(NC(=O)N/C=C/c2ccc(F)cc2)c1C. The topological polar surface area (TPSA) is 41.1 Å². The molecule has 0 fully saturated rings. The summed E-state index contributed by atoms with van der Waals surface area (Å²) in [6.07, 6.45) is 3.22. The summed E-state index contributed by atoms with van der Waals surface area (Å²) in [5.74, 6) is -0.284. The Morgan fingerprint density at radius 3 is 2.52 bits per heavy atom. The summed E-state index contributed by atoms with van der Waals surface area (Å²) in [6, 6.07) is 11.4. The average molecular weight is 284 g/mol. The van der Waals surface area contributed by atoms with Crippen molar-refractivity contribution in [2.75, 3.05) is 5.32 Å². The molecular formula is C17H17FN2O. The number of amides is 2. The van der Waals surface area contributed by atoms with E-state index in [1.54, 1.807) is 18.2 Å². The molecule has 0 atom stereocenters. The molecular weight excluding hydrogens is 267 g/mol. The molecule has 3 nitrogen and oxygen atoms in total. The second-order valence-corrected chi connectivity index (χ2v) is 4.73. The van der Waals surface area contributed by atoms with Crippen molar-refractivity contribution < 1.29 is 9.18 Å². The summed E-state index contributed by atoms with van der Waals surface area (Å²) in [4.78, 5) is 11.8. The van der Waals surface area contributed by atoms with Crippen molar-refractivity contribution in [1.82, 2.24) is 5.32 Å². The molecule has 0 saturated heterocycles. The molecule has 0 aliphatic heterocycles. The smallest absolute Gasteiger partial charge is 0.314 e. The zero-order valence-corrected chi connectivity index (χ0v) is 12.0. The van der Waals surface area contributed by atoms with Crippen LogP contribution in [0.1, 0.15) is 16.7 Å². The summed E-state index contributed by atoms with van der Waals surface area (Å²) in [6.45, 7) is 3.95. The predicted molar refractivity (Wildman–Crippen MR) is 83.5 cm³/mol. The molecule has 2 aromatic rings. The minimum atomic E-state index is -0.318. The second-order valence-electron chi connectivity index (χ2n) is 4.73. The fourth-order valence-corrected chi connectivity index (χ4v) is 1.83. The molecule has 0 saturated carbocycles. The van der Waals surface area contributed by atoms with E-state index in [0.717, 1.165) is 22.4 Å². The monoisotopic (exact) mass is 284 g/mol. The highest BCUT2D eigenvalue weighted by atomic mass is 19.1. The Morgan fingerprint density at radius 1 is 1.10 bits per heavy atom. The van der Waals surface area contributed by atoms with Gasteiger partial charge in [0.2, 0.25) is 0 Å². The number of halogens is 1. The van der Waals surface area contributed by atoms with Crippen LogP contribution in [0, 0.1) is 19.7 Å². The van der Waals surface area contributed by atoms with Gasteiger partial charge in [0.25, 0.3) is 0 Å². The fraction of sp³-hybridized carbons (Fsp3) is 0.118. The van der Waals surface area contributed by atoms with Gasteiger partial charge in [-0.05, 0) is 54.8 Å². The molecule has 0 aromatic heterocycles. The quantitative estimate of drug-likeness (QED) is 0.870. The summed E-state index contributed by atoms with van der Waals surface area (Å²) in [5, 5.41) is 5.40. The molecule has 4 heteroatoms. The lowest BCUT2D eigenvalue weighted by Gasteiger charge is -2.09. The van der Waals surface area contributed by atoms with Crippen LogP contribution < -0.4 is 10.6 Å². The molecule has 2 aromatic carbocycles. The van der Waals surface area contributed by atoms with Crippen molar-refractivity contribution in [3.63, 3.8) is 0 Å². The first kappa shape index (κ1) is 14.8. The highest BCUT2D eigenvalue weighted by Crippen LogP contribution is 2.17. The zero-order chi connectivity index (χ0) is 15.2. The molecule has 0 aliphatic carbocycles. The van der Waals surface area contributed by atoms with E-state index < -0.39 is 0 Å². The largest absolute Gasteiger partial charge is 0.323 e. The maximum Gasteiger partial charge on any atom is 0.323 e. The van der Waals surface area contributed by atoms with Crippen LogP contribution in [0.15, 0.2) is 48.7 Å². The minimum Gasteiger partial charge on any atom is -0.314 e. The van der Waals surface area contributed by atoms with Crippen LogP contribution in [0.4, 0.5) is 14.9 Å². The Bertz CT molecular complexity index is 663.